The van der Waals surface area contributed by atoms with Crippen molar-refractivity contribution >= 4 is 11.6 Å². The van der Waals surface area contributed by atoms with E-state index in [1.54, 1.807) is 30.2 Å². The van der Waals surface area contributed by atoms with E-state index in [1.165, 1.54) is 19.0 Å². The Kier molecular flexibility index (Phi) is 8.55. The van der Waals surface area contributed by atoms with E-state index >= 15 is 0 Å². The summed E-state index contributed by atoms with van der Waals surface area (Å²) >= 11 is 6.43. The van der Waals surface area contributed by atoms with Crippen LogP contribution in [-0.4, -0.2) is 46.5 Å². The van der Waals surface area contributed by atoms with E-state index in [1.807, 2.05) is 12.1 Å². The zero-order valence-corrected chi connectivity index (χ0v) is 17.6. The van der Waals surface area contributed by atoms with Crippen LogP contribution in [0.5, 0.6) is 11.5 Å². The molecule has 2 aromatic rings. The summed E-state index contributed by atoms with van der Waals surface area (Å²) in [4.78, 5) is 1.63. The molecule has 2 aromatic carbocycles. The summed E-state index contributed by atoms with van der Waals surface area (Å²) in [7, 11) is 1.58. The number of methoxy groups -OCH3 is 1. The highest BCUT2D eigenvalue weighted by molar-refractivity contribution is 6.32. The fraction of sp³-hybridized carbons (Fsp3) is 0.455. The molecule has 3 rings (SSSR count). The fourth-order valence-corrected chi connectivity index (χ4v) is 3.76. The van der Waals surface area contributed by atoms with Gasteiger partial charge in [-0.3, -0.25) is 0 Å². The molecule has 0 aliphatic carbocycles. The van der Waals surface area contributed by atoms with Crippen molar-refractivity contribution in [3.63, 3.8) is 0 Å². The molecule has 0 unspecified atom stereocenters. The molecule has 7 heteroatoms. The lowest BCUT2D eigenvalue weighted by atomic mass is 10.2. The van der Waals surface area contributed by atoms with Crippen molar-refractivity contribution in [3.05, 3.63) is 58.4 Å². The van der Waals surface area contributed by atoms with Crippen LogP contribution in [0.25, 0.3) is 0 Å². The van der Waals surface area contributed by atoms with Gasteiger partial charge in [0.05, 0.1) is 38.4 Å². The molecule has 0 aromatic heterocycles. The molecule has 0 spiro atoms. The van der Waals surface area contributed by atoms with Gasteiger partial charge in [-0.15, -0.1) is 0 Å². The monoisotopic (exact) mass is 424 g/mol. The molecule has 0 saturated carbocycles. The standard InChI is InChI=1S/C22H28ClFN2O3/c1-27-21-14-17(15-25-7-4-8-26-9-11-28-12-10-26)13-19(23)22(21)29-16-18-5-2-3-6-20(18)24/h2-3,5-6,13-14,25H,4,7-12,15-16H2,1H3/p+2. The molecule has 1 fully saturated rings. The number of halogens is 2. The Morgan fingerprint density at radius 2 is 2.00 bits per heavy atom. The van der Waals surface area contributed by atoms with Crippen LogP contribution in [0.2, 0.25) is 5.02 Å². The number of quaternary nitrogens is 2. The molecule has 5 nitrogen and oxygen atoms in total. The third-order valence-corrected chi connectivity index (χ3v) is 5.42. The van der Waals surface area contributed by atoms with E-state index in [4.69, 9.17) is 25.8 Å². The molecule has 1 heterocycles. The SMILES string of the molecule is COc1cc(C[NH2+]CCC[NH+]2CCOCC2)cc(Cl)c1OCc1ccccc1F. The summed E-state index contributed by atoms with van der Waals surface area (Å²) in [6, 6.07) is 10.4. The van der Waals surface area contributed by atoms with E-state index in [2.05, 4.69) is 5.32 Å². The van der Waals surface area contributed by atoms with Gasteiger partial charge in [-0.25, -0.2) is 4.39 Å². The third-order valence-electron chi connectivity index (χ3n) is 5.14. The number of rotatable bonds is 10. The number of hydrogen-bond donors (Lipinski definition) is 2. The average Bonchev–Trinajstić information content (AvgIpc) is 2.74. The highest BCUT2D eigenvalue weighted by Gasteiger charge is 2.15. The number of ether oxygens (including phenoxy) is 3. The lowest BCUT2D eigenvalue weighted by molar-refractivity contribution is -0.909. The predicted octanol–water partition coefficient (Wildman–Crippen LogP) is 1.44. The van der Waals surface area contributed by atoms with E-state index in [0.717, 1.165) is 45.0 Å². The van der Waals surface area contributed by atoms with Crippen molar-refractivity contribution in [2.45, 2.75) is 19.6 Å². The summed E-state index contributed by atoms with van der Waals surface area (Å²) in [5.41, 5.74) is 1.55. The minimum atomic E-state index is -0.298. The molecule has 1 aliphatic heterocycles. The van der Waals surface area contributed by atoms with E-state index in [9.17, 15) is 4.39 Å². The Bertz CT molecular complexity index is 785. The van der Waals surface area contributed by atoms with Crippen LogP contribution in [0.4, 0.5) is 4.39 Å². The van der Waals surface area contributed by atoms with Crippen LogP contribution in [-0.2, 0) is 17.9 Å². The molecule has 0 amide bonds. The lowest BCUT2D eigenvalue weighted by Crippen LogP contribution is -3.14. The van der Waals surface area contributed by atoms with Gasteiger partial charge in [-0.05, 0) is 18.2 Å². The summed E-state index contributed by atoms with van der Waals surface area (Å²) < 4.78 is 30.4. The van der Waals surface area contributed by atoms with E-state index in [0.29, 0.717) is 22.1 Å². The molecule has 0 atom stereocenters. The molecule has 0 bridgehead atoms. The van der Waals surface area contributed by atoms with Crippen LogP contribution in [0, 0.1) is 5.82 Å². The largest absolute Gasteiger partial charge is 0.493 e. The van der Waals surface area contributed by atoms with Crippen LogP contribution in [0.15, 0.2) is 36.4 Å². The fourth-order valence-electron chi connectivity index (χ4n) is 3.47. The Morgan fingerprint density at radius 3 is 2.76 bits per heavy atom. The summed E-state index contributed by atoms with van der Waals surface area (Å²) in [6.45, 7) is 7.15. The van der Waals surface area contributed by atoms with Gasteiger partial charge in [-0.2, -0.15) is 0 Å². The maximum atomic E-state index is 13.8. The van der Waals surface area contributed by atoms with Gasteiger partial charge >= 0.3 is 0 Å². The molecular formula is C22H30ClFN2O3+2. The molecule has 1 aliphatic rings. The van der Waals surface area contributed by atoms with Crippen LogP contribution >= 0.6 is 11.6 Å². The number of nitrogens with one attached hydrogen (secondary N) is 1. The lowest BCUT2D eigenvalue weighted by Gasteiger charge is -2.23. The van der Waals surface area contributed by atoms with Crippen molar-refractivity contribution in [1.29, 1.82) is 0 Å². The Morgan fingerprint density at radius 1 is 1.21 bits per heavy atom. The van der Waals surface area contributed by atoms with Gasteiger partial charge in [0.25, 0.3) is 0 Å². The summed E-state index contributed by atoms with van der Waals surface area (Å²) in [5.74, 6) is 0.708. The van der Waals surface area contributed by atoms with Gasteiger partial charge in [0, 0.05) is 17.5 Å². The minimum absolute atomic E-state index is 0.0953. The second-order valence-electron chi connectivity index (χ2n) is 7.24. The predicted molar refractivity (Wildman–Crippen MR) is 110 cm³/mol. The molecule has 3 N–H and O–H groups in total. The normalized spacial score (nSPS) is 14.7. The Balaban J connectivity index is 1.50. The first-order valence-electron chi connectivity index (χ1n) is 10.1. The zero-order chi connectivity index (χ0) is 20.5. The van der Waals surface area contributed by atoms with Crippen LogP contribution < -0.4 is 19.7 Å². The number of nitrogens with two attached hydrogens (primary N) is 1. The van der Waals surface area contributed by atoms with Crippen molar-refractivity contribution < 1.29 is 28.8 Å². The first-order chi connectivity index (χ1) is 14.2. The minimum Gasteiger partial charge on any atom is -0.493 e. The molecule has 1 saturated heterocycles. The Hall–Kier alpha value is -1.86. The van der Waals surface area contributed by atoms with E-state index < -0.39 is 0 Å². The van der Waals surface area contributed by atoms with E-state index in [-0.39, 0.29) is 12.4 Å². The van der Waals surface area contributed by atoms with Crippen LogP contribution in [0.3, 0.4) is 0 Å². The molecular weight excluding hydrogens is 395 g/mol. The Labute approximate surface area is 176 Å². The smallest absolute Gasteiger partial charge is 0.180 e. The molecule has 158 valence electrons. The third kappa shape index (κ3) is 6.57. The maximum Gasteiger partial charge on any atom is 0.180 e. The first-order valence-corrected chi connectivity index (χ1v) is 10.5. The second-order valence-corrected chi connectivity index (χ2v) is 7.64. The van der Waals surface area contributed by atoms with Crippen molar-refractivity contribution in [1.82, 2.24) is 0 Å². The van der Waals surface area contributed by atoms with Gasteiger partial charge < -0.3 is 24.4 Å². The quantitative estimate of drug-likeness (QED) is 0.567. The number of benzene rings is 2. The topological polar surface area (TPSA) is 48.7 Å². The van der Waals surface area contributed by atoms with Gasteiger partial charge in [-0.1, -0.05) is 29.8 Å². The van der Waals surface area contributed by atoms with Crippen molar-refractivity contribution in [2.24, 2.45) is 0 Å². The van der Waals surface area contributed by atoms with Gasteiger partial charge in [0.2, 0.25) is 0 Å². The molecule has 0 radical (unpaired) electrons. The van der Waals surface area contributed by atoms with Crippen LogP contribution in [0.1, 0.15) is 17.5 Å². The number of morpholine rings is 1. The number of hydrogen-bond acceptors (Lipinski definition) is 3. The maximum absolute atomic E-state index is 13.8. The summed E-state index contributed by atoms with van der Waals surface area (Å²) in [5, 5.41) is 2.76. The van der Waals surface area contributed by atoms with Crippen molar-refractivity contribution in [3.8, 4) is 11.5 Å². The highest BCUT2D eigenvalue weighted by Crippen LogP contribution is 2.36. The summed E-state index contributed by atoms with van der Waals surface area (Å²) in [6.07, 6.45) is 1.17. The average molecular weight is 425 g/mol. The second kappa shape index (κ2) is 11.4. The highest BCUT2D eigenvalue weighted by atomic mass is 35.5. The zero-order valence-electron chi connectivity index (χ0n) is 16.9. The molecule has 29 heavy (non-hydrogen) atoms. The van der Waals surface area contributed by atoms with Gasteiger partial charge in [0.1, 0.15) is 32.1 Å². The van der Waals surface area contributed by atoms with Gasteiger partial charge in [0.15, 0.2) is 11.5 Å². The van der Waals surface area contributed by atoms with Crippen molar-refractivity contribution in [2.75, 3.05) is 46.5 Å². The first kappa shape index (κ1) is 21.8.